The van der Waals surface area contributed by atoms with Gasteiger partial charge in [-0.3, -0.25) is 0 Å². The van der Waals surface area contributed by atoms with Crippen molar-refractivity contribution in [3.63, 3.8) is 0 Å². The molecule has 0 amide bonds. The topological polar surface area (TPSA) is 46.2 Å². The van der Waals surface area contributed by atoms with E-state index in [9.17, 15) is 8.42 Å². The maximum atomic E-state index is 11.5. The molecular weight excluding hydrogens is 258 g/mol. The van der Waals surface area contributed by atoms with Crippen molar-refractivity contribution in [2.24, 2.45) is 17.8 Å². The molecular formula is C15H27NO2S. The third-order valence-corrected chi connectivity index (χ3v) is 7.40. The molecule has 4 saturated carbocycles. The summed E-state index contributed by atoms with van der Waals surface area (Å²) in [7, 11) is -2.79. The molecule has 0 heterocycles. The summed E-state index contributed by atoms with van der Waals surface area (Å²) in [6, 6.07) is 0. The van der Waals surface area contributed by atoms with Gasteiger partial charge in [-0.15, -0.1) is 0 Å². The molecule has 4 heteroatoms. The highest BCUT2D eigenvalue weighted by Crippen LogP contribution is 2.55. The van der Waals surface area contributed by atoms with E-state index in [1.807, 2.05) is 0 Å². The van der Waals surface area contributed by atoms with Gasteiger partial charge < -0.3 is 5.32 Å². The predicted molar refractivity (Wildman–Crippen MR) is 77.9 cm³/mol. The molecule has 0 saturated heterocycles. The molecule has 4 fully saturated rings. The summed E-state index contributed by atoms with van der Waals surface area (Å²) in [4.78, 5) is 0. The summed E-state index contributed by atoms with van der Waals surface area (Å²) in [6.07, 6.45) is 9.21. The van der Waals surface area contributed by atoms with Crippen molar-refractivity contribution >= 4 is 9.84 Å². The Balaban J connectivity index is 1.50. The van der Waals surface area contributed by atoms with Crippen LogP contribution in [-0.4, -0.2) is 32.0 Å². The van der Waals surface area contributed by atoms with Crippen LogP contribution in [0.2, 0.25) is 0 Å². The lowest BCUT2D eigenvalue weighted by atomic mass is 9.53. The van der Waals surface area contributed by atoms with E-state index in [2.05, 4.69) is 5.32 Å². The van der Waals surface area contributed by atoms with Gasteiger partial charge in [-0.2, -0.15) is 0 Å². The monoisotopic (exact) mass is 285 g/mol. The van der Waals surface area contributed by atoms with Gasteiger partial charge in [-0.05, 0) is 69.2 Å². The van der Waals surface area contributed by atoms with Crippen LogP contribution >= 0.6 is 0 Å². The molecule has 0 spiro atoms. The second kappa shape index (κ2) is 5.03. The molecule has 0 atom stereocenters. The van der Waals surface area contributed by atoms with E-state index in [4.69, 9.17) is 0 Å². The molecule has 110 valence electrons. The zero-order chi connectivity index (χ0) is 13.5. The molecule has 0 aliphatic heterocycles. The lowest BCUT2D eigenvalue weighted by Gasteiger charge is -2.57. The minimum atomic E-state index is -2.79. The Hall–Kier alpha value is -0.0900. The average Bonchev–Trinajstić information content (AvgIpc) is 2.33. The quantitative estimate of drug-likeness (QED) is 0.762. The molecule has 0 radical (unpaired) electrons. The van der Waals surface area contributed by atoms with Gasteiger partial charge in [-0.25, -0.2) is 8.42 Å². The summed E-state index contributed by atoms with van der Waals surface area (Å²) in [6.45, 7) is 2.62. The minimum Gasteiger partial charge on any atom is -0.311 e. The Morgan fingerprint density at radius 2 is 1.58 bits per heavy atom. The highest BCUT2D eigenvalue weighted by molar-refractivity contribution is 7.91. The largest absolute Gasteiger partial charge is 0.311 e. The number of sulfone groups is 1. The van der Waals surface area contributed by atoms with E-state index in [1.165, 1.54) is 38.5 Å². The number of nitrogens with one attached hydrogen (secondary N) is 1. The molecule has 0 aromatic carbocycles. The fourth-order valence-corrected chi connectivity index (χ4v) is 5.99. The molecule has 4 aliphatic carbocycles. The van der Waals surface area contributed by atoms with Crippen molar-refractivity contribution < 1.29 is 8.42 Å². The smallest absolute Gasteiger partial charge is 0.150 e. The van der Waals surface area contributed by atoms with E-state index >= 15 is 0 Å². The lowest BCUT2D eigenvalue weighted by molar-refractivity contribution is -0.0193. The first-order chi connectivity index (χ1) is 9.00. The first-order valence-corrected chi connectivity index (χ1v) is 9.78. The van der Waals surface area contributed by atoms with Crippen LogP contribution in [0.5, 0.6) is 0 Å². The van der Waals surface area contributed by atoms with Crippen LogP contribution in [0.15, 0.2) is 0 Å². The fourth-order valence-electron chi connectivity index (χ4n) is 5.12. The summed E-state index contributed by atoms with van der Waals surface area (Å²) in [5, 5.41) is 3.76. The molecule has 0 aromatic heterocycles. The van der Waals surface area contributed by atoms with Gasteiger partial charge in [0.05, 0.1) is 5.75 Å². The Labute approximate surface area is 117 Å². The molecule has 1 N–H and O–H groups in total. The summed E-state index contributed by atoms with van der Waals surface area (Å²) < 4.78 is 23.0. The van der Waals surface area contributed by atoms with E-state index in [0.717, 1.165) is 30.7 Å². The fraction of sp³-hybridized carbons (Fsp3) is 1.00. The Morgan fingerprint density at radius 3 is 2.05 bits per heavy atom. The first kappa shape index (κ1) is 13.9. The highest BCUT2D eigenvalue weighted by Gasteiger charge is 2.50. The van der Waals surface area contributed by atoms with Crippen molar-refractivity contribution in [3.05, 3.63) is 0 Å². The highest BCUT2D eigenvalue weighted by atomic mass is 32.2. The maximum Gasteiger partial charge on any atom is 0.150 e. The molecule has 0 unspecified atom stereocenters. The van der Waals surface area contributed by atoms with E-state index < -0.39 is 9.84 Å². The zero-order valence-corrected chi connectivity index (χ0v) is 12.8. The zero-order valence-electron chi connectivity index (χ0n) is 12.0. The van der Waals surface area contributed by atoms with E-state index in [0.29, 0.717) is 11.3 Å². The van der Waals surface area contributed by atoms with Gasteiger partial charge in [0.1, 0.15) is 9.84 Å². The van der Waals surface area contributed by atoms with Crippen LogP contribution in [-0.2, 0) is 9.84 Å². The summed E-state index contributed by atoms with van der Waals surface area (Å²) >= 11 is 0. The van der Waals surface area contributed by atoms with E-state index in [1.54, 1.807) is 6.92 Å². The van der Waals surface area contributed by atoms with Gasteiger partial charge >= 0.3 is 0 Å². The van der Waals surface area contributed by atoms with E-state index in [-0.39, 0.29) is 5.75 Å². The van der Waals surface area contributed by atoms with Crippen LogP contribution in [0, 0.1) is 17.8 Å². The SMILES string of the molecule is CCS(=O)(=O)CCCNC12CC3CC(CC(C3)C1)C2. The van der Waals surface area contributed by atoms with Gasteiger partial charge in [0, 0.05) is 11.3 Å². The van der Waals surface area contributed by atoms with Gasteiger partial charge in [0.25, 0.3) is 0 Å². The molecule has 0 aromatic rings. The Bertz CT molecular complexity index is 394. The minimum absolute atomic E-state index is 0.282. The predicted octanol–water partition coefficient (Wildman–Crippen LogP) is 2.37. The van der Waals surface area contributed by atoms with Crippen molar-refractivity contribution in [2.45, 2.75) is 57.4 Å². The molecule has 3 nitrogen and oxygen atoms in total. The van der Waals surface area contributed by atoms with Crippen molar-refractivity contribution in [1.82, 2.24) is 5.32 Å². The van der Waals surface area contributed by atoms with Crippen molar-refractivity contribution in [3.8, 4) is 0 Å². The van der Waals surface area contributed by atoms with Crippen molar-refractivity contribution in [2.75, 3.05) is 18.1 Å². The third kappa shape index (κ3) is 2.99. The second-order valence-electron chi connectivity index (χ2n) is 7.21. The van der Waals surface area contributed by atoms with Crippen molar-refractivity contribution in [1.29, 1.82) is 0 Å². The van der Waals surface area contributed by atoms with Gasteiger partial charge in [0.2, 0.25) is 0 Å². The maximum absolute atomic E-state index is 11.5. The lowest BCUT2D eigenvalue weighted by Crippen LogP contribution is -2.58. The molecule has 4 rings (SSSR count). The number of rotatable bonds is 6. The normalized spacial score (nSPS) is 40.8. The van der Waals surface area contributed by atoms with Gasteiger partial charge in [-0.1, -0.05) is 6.92 Å². The van der Waals surface area contributed by atoms with Crippen LogP contribution < -0.4 is 5.32 Å². The average molecular weight is 285 g/mol. The van der Waals surface area contributed by atoms with Crippen LogP contribution in [0.3, 0.4) is 0 Å². The number of hydrogen-bond acceptors (Lipinski definition) is 3. The summed E-state index contributed by atoms with van der Waals surface area (Å²) in [5.41, 5.74) is 0.380. The standard InChI is InChI=1S/C15H27NO2S/c1-2-19(17,18)5-3-4-16-15-9-12-6-13(10-15)8-14(7-12)11-15/h12-14,16H,2-11H2,1H3. The third-order valence-electron chi connectivity index (χ3n) is 5.61. The Kier molecular flexibility index (Phi) is 3.67. The molecule has 19 heavy (non-hydrogen) atoms. The Morgan fingerprint density at radius 1 is 1.05 bits per heavy atom. The van der Waals surface area contributed by atoms with Crippen LogP contribution in [0.4, 0.5) is 0 Å². The van der Waals surface area contributed by atoms with Crippen LogP contribution in [0.25, 0.3) is 0 Å². The molecule has 4 bridgehead atoms. The van der Waals surface area contributed by atoms with Crippen LogP contribution in [0.1, 0.15) is 51.9 Å². The number of hydrogen-bond donors (Lipinski definition) is 1. The second-order valence-corrected chi connectivity index (χ2v) is 9.69. The van der Waals surface area contributed by atoms with Gasteiger partial charge in [0.15, 0.2) is 0 Å². The summed E-state index contributed by atoms with van der Waals surface area (Å²) in [5.74, 6) is 3.50. The molecule has 4 aliphatic rings. The first-order valence-electron chi connectivity index (χ1n) is 7.96.